The van der Waals surface area contributed by atoms with Crippen LogP contribution in [0.25, 0.3) is 11.5 Å². The van der Waals surface area contributed by atoms with E-state index >= 15 is 0 Å². The topological polar surface area (TPSA) is 38.9 Å². The van der Waals surface area contributed by atoms with E-state index in [0.29, 0.717) is 5.15 Å². The fraction of sp³-hybridized carbons (Fsp3) is 0.273. The number of rotatable bonds is 3. The first-order valence-electron chi connectivity index (χ1n) is 4.86. The number of hydrogen-bond acceptors (Lipinski definition) is 3. The molecule has 2 rings (SSSR count). The van der Waals surface area contributed by atoms with Gasteiger partial charge in [0.05, 0.1) is 6.26 Å². The Morgan fingerprint density at radius 2 is 2.27 bits per heavy atom. The van der Waals surface area contributed by atoms with Crippen molar-refractivity contribution < 1.29 is 4.42 Å². The van der Waals surface area contributed by atoms with Crippen molar-refractivity contribution in [3.05, 3.63) is 35.4 Å². The Morgan fingerprint density at radius 3 is 2.93 bits per heavy atom. The summed E-state index contributed by atoms with van der Waals surface area (Å²) in [4.78, 5) is 8.19. The summed E-state index contributed by atoms with van der Waals surface area (Å²) in [5.41, 5.74) is 1.75. The van der Waals surface area contributed by atoms with E-state index in [1.165, 1.54) is 6.33 Å². The van der Waals surface area contributed by atoms with E-state index in [1.807, 2.05) is 12.1 Å². The molecule has 0 atom stereocenters. The summed E-state index contributed by atoms with van der Waals surface area (Å²) in [7, 11) is 0. The molecule has 0 radical (unpaired) electrons. The van der Waals surface area contributed by atoms with Gasteiger partial charge in [-0.1, -0.05) is 24.9 Å². The molecule has 2 aromatic heterocycles. The lowest BCUT2D eigenvalue weighted by molar-refractivity contribution is 0.578. The molecule has 0 bridgehead atoms. The predicted octanol–water partition coefficient (Wildman–Crippen LogP) is 3.34. The van der Waals surface area contributed by atoms with Gasteiger partial charge in [-0.15, -0.1) is 0 Å². The third kappa shape index (κ3) is 2.02. The second kappa shape index (κ2) is 4.45. The van der Waals surface area contributed by atoms with E-state index in [0.717, 1.165) is 29.9 Å². The minimum atomic E-state index is 0.512. The number of nitrogens with zero attached hydrogens (tertiary/aromatic N) is 2. The van der Waals surface area contributed by atoms with E-state index in [4.69, 9.17) is 16.0 Å². The first-order valence-corrected chi connectivity index (χ1v) is 5.24. The minimum absolute atomic E-state index is 0.512. The Labute approximate surface area is 93.1 Å². The molecule has 0 spiro atoms. The maximum atomic E-state index is 6.03. The molecule has 15 heavy (non-hydrogen) atoms. The molecule has 0 saturated heterocycles. The van der Waals surface area contributed by atoms with E-state index in [9.17, 15) is 0 Å². The normalized spacial score (nSPS) is 10.5. The SMILES string of the molecule is CCCc1c(Cl)ncnc1-c1ccco1. The van der Waals surface area contributed by atoms with E-state index in [1.54, 1.807) is 6.26 Å². The van der Waals surface area contributed by atoms with Crippen molar-refractivity contribution in [3.8, 4) is 11.5 Å². The summed E-state index contributed by atoms with van der Waals surface area (Å²) in [6, 6.07) is 3.71. The van der Waals surface area contributed by atoms with Crippen LogP contribution < -0.4 is 0 Å². The molecule has 0 amide bonds. The quantitative estimate of drug-likeness (QED) is 0.748. The molecule has 0 aliphatic carbocycles. The van der Waals surface area contributed by atoms with Gasteiger partial charge in [0.1, 0.15) is 17.2 Å². The van der Waals surface area contributed by atoms with Crippen LogP contribution in [0, 0.1) is 0 Å². The molecule has 2 heterocycles. The maximum absolute atomic E-state index is 6.03. The maximum Gasteiger partial charge on any atom is 0.152 e. The van der Waals surface area contributed by atoms with Crippen molar-refractivity contribution >= 4 is 11.6 Å². The van der Waals surface area contributed by atoms with Crippen LogP contribution in [0.3, 0.4) is 0 Å². The highest BCUT2D eigenvalue weighted by Crippen LogP contribution is 2.26. The lowest BCUT2D eigenvalue weighted by Crippen LogP contribution is -1.95. The highest BCUT2D eigenvalue weighted by molar-refractivity contribution is 6.30. The van der Waals surface area contributed by atoms with E-state index < -0.39 is 0 Å². The molecule has 0 N–H and O–H groups in total. The van der Waals surface area contributed by atoms with Crippen LogP contribution in [-0.4, -0.2) is 9.97 Å². The summed E-state index contributed by atoms with van der Waals surface area (Å²) in [6.07, 6.45) is 4.94. The number of halogens is 1. The number of furan rings is 1. The molecular formula is C11H11ClN2O. The number of aromatic nitrogens is 2. The van der Waals surface area contributed by atoms with Gasteiger partial charge < -0.3 is 4.42 Å². The molecule has 0 aliphatic rings. The fourth-order valence-corrected chi connectivity index (χ4v) is 1.72. The average molecular weight is 223 g/mol. The first kappa shape index (κ1) is 10.2. The van der Waals surface area contributed by atoms with Gasteiger partial charge in [0.15, 0.2) is 5.76 Å². The Hall–Kier alpha value is -1.35. The van der Waals surface area contributed by atoms with Crippen molar-refractivity contribution in [2.75, 3.05) is 0 Å². The highest BCUT2D eigenvalue weighted by atomic mass is 35.5. The van der Waals surface area contributed by atoms with E-state index in [-0.39, 0.29) is 0 Å². The van der Waals surface area contributed by atoms with Gasteiger partial charge >= 0.3 is 0 Å². The van der Waals surface area contributed by atoms with Crippen LogP contribution in [0.2, 0.25) is 5.15 Å². The lowest BCUT2D eigenvalue weighted by atomic mass is 10.1. The molecule has 2 aromatic rings. The van der Waals surface area contributed by atoms with Gasteiger partial charge in [-0.05, 0) is 18.6 Å². The molecule has 0 unspecified atom stereocenters. The smallest absolute Gasteiger partial charge is 0.152 e. The molecule has 4 heteroatoms. The molecule has 0 aromatic carbocycles. The largest absolute Gasteiger partial charge is 0.463 e. The second-order valence-electron chi connectivity index (χ2n) is 3.22. The van der Waals surface area contributed by atoms with Gasteiger partial charge in [0, 0.05) is 5.56 Å². The Kier molecular flexibility index (Phi) is 3.02. The summed E-state index contributed by atoms with van der Waals surface area (Å²) < 4.78 is 5.31. The zero-order chi connectivity index (χ0) is 10.7. The Morgan fingerprint density at radius 1 is 1.40 bits per heavy atom. The standard InChI is InChI=1S/C11H11ClN2O/c1-2-4-8-10(9-5-3-6-15-9)13-7-14-11(8)12/h3,5-7H,2,4H2,1H3. The van der Waals surface area contributed by atoms with Gasteiger partial charge in [0.2, 0.25) is 0 Å². The highest BCUT2D eigenvalue weighted by Gasteiger charge is 2.12. The zero-order valence-corrected chi connectivity index (χ0v) is 9.16. The summed E-state index contributed by atoms with van der Waals surface area (Å²) in [6.45, 7) is 2.09. The van der Waals surface area contributed by atoms with Crippen LogP contribution in [0.1, 0.15) is 18.9 Å². The second-order valence-corrected chi connectivity index (χ2v) is 3.58. The number of hydrogen-bond donors (Lipinski definition) is 0. The van der Waals surface area contributed by atoms with Crippen molar-refractivity contribution in [1.82, 2.24) is 9.97 Å². The van der Waals surface area contributed by atoms with Crippen molar-refractivity contribution in [2.24, 2.45) is 0 Å². The van der Waals surface area contributed by atoms with Crippen LogP contribution in [0.4, 0.5) is 0 Å². The van der Waals surface area contributed by atoms with Gasteiger partial charge in [0.25, 0.3) is 0 Å². The molecule has 0 aliphatic heterocycles. The van der Waals surface area contributed by atoms with Crippen molar-refractivity contribution in [2.45, 2.75) is 19.8 Å². The molecule has 0 saturated carbocycles. The molecule has 78 valence electrons. The van der Waals surface area contributed by atoms with Gasteiger partial charge in [-0.3, -0.25) is 0 Å². The molecular weight excluding hydrogens is 212 g/mol. The molecule has 3 nitrogen and oxygen atoms in total. The third-order valence-corrected chi connectivity index (χ3v) is 2.47. The summed E-state index contributed by atoms with van der Waals surface area (Å²) >= 11 is 6.03. The monoisotopic (exact) mass is 222 g/mol. The average Bonchev–Trinajstić information content (AvgIpc) is 2.74. The van der Waals surface area contributed by atoms with Crippen LogP contribution in [-0.2, 0) is 6.42 Å². The van der Waals surface area contributed by atoms with Gasteiger partial charge in [-0.2, -0.15) is 0 Å². The van der Waals surface area contributed by atoms with Crippen LogP contribution in [0.5, 0.6) is 0 Å². The Balaban J connectivity index is 2.51. The van der Waals surface area contributed by atoms with Crippen LogP contribution >= 0.6 is 11.6 Å². The summed E-state index contributed by atoms with van der Waals surface area (Å²) in [5.74, 6) is 0.739. The zero-order valence-electron chi connectivity index (χ0n) is 8.40. The van der Waals surface area contributed by atoms with Crippen molar-refractivity contribution in [3.63, 3.8) is 0 Å². The van der Waals surface area contributed by atoms with E-state index in [2.05, 4.69) is 16.9 Å². The Bertz CT molecular complexity index is 440. The minimum Gasteiger partial charge on any atom is -0.463 e. The third-order valence-electron chi connectivity index (χ3n) is 2.15. The lowest BCUT2D eigenvalue weighted by Gasteiger charge is -2.05. The van der Waals surface area contributed by atoms with Crippen molar-refractivity contribution in [1.29, 1.82) is 0 Å². The first-order chi connectivity index (χ1) is 7.33. The van der Waals surface area contributed by atoms with Gasteiger partial charge in [-0.25, -0.2) is 9.97 Å². The van der Waals surface area contributed by atoms with Crippen LogP contribution in [0.15, 0.2) is 29.1 Å². The fourth-order valence-electron chi connectivity index (χ4n) is 1.49. The summed E-state index contributed by atoms with van der Waals surface area (Å²) in [5, 5.41) is 0.512. The predicted molar refractivity (Wildman–Crippen MR) is 58.7 cm³/mol. The molecule has 0 fully saturated rings.